The highest BCUT2D eigenvalue weighted by Gasteiger charge is 2.06. The molecule has 0 aliphatic rings. The van der Waals surface area contributed by atoms with Crippen molar-refractivity contribution in [3.05, 3.63) is 120 Å². The zero-order chi connectivity index (χ0) is 41.4. The van der Waals surface area contributed by atoms with E-state index < -0.39 is 0 Å². The zero-order valence-corrected chi connectivity index (χ0v) is 39.0. The van der Waals surface area contributed by atoms with E-state index in [2.05, 4.69) is 89.4 Å². The smallest absolute Gasteiger partial charge is 0.169 e. The second kappa shape index (κ2) is 40.7. The molecule has 8 N–H and O–H groups in total. The average molecular weight is 931 g/mol. The third-order valence-electron chi connectivity index (χ3n) is 9.32. The van der Waals surface area contributed by atoms with E-state index in [1.807, 2.05) is 21.9 Å². The van der Waals surface area contributed by atoms with Crippen molar-refractivity contribution in [3.63, 3.8) is 0 Å². The van der Waals surface area contributed by atoms with Gasteiger partial charge in [0.25, 0.3) is 0 Å². The summed E-state index contributed by atoms with van der Waals surface area (Å²) in [5, 5.41) is 36.0. The quantitative estimate of drug-likeness (QED) is 0.0290. The van der Waals surface area contributed by atoms with Crippen LogP contribution in [0, 0.1) is 6.92 Å². The van der Waals surface area contributed by atoms with E-state index in [9.17, 15) is 4.79 Å². The number of nitrogens with two attached hydrogens (primary N) is 2. The van der Waals surface area contributed by atoms with Crippen LogP contribution in [-0.4, -0.2) is 92.4 Å². The standard InChI is InChI=1S/C23H34N3O2.C12H21N2.C11H15NO3.4ClH/c24-13-3-1-2-4-14-25-15-11-22(12-16-25)6-5-21-7-9-23(10-8-21)26(17-19-27)18-20-28;1-12-6-10-14(11-7-12)9-5-3-2-4-8-13;13-7-5-12(6-8-14)11-3-1-10(9-15)2-4-11;;;;/h5-12,15-16,27-28H,1-4,13-14,17-20,24H2;6-7,10-11H,2-5,8-9,13H2,1H3;1-4,9,13-14H,5-8H2;4*1H/q2*+1;;;;;/p-2. The molecular weight excluding hydrogens is 858 g/mol. The molecule has 11 nitrogen and oxygen atoms in total. The van der Waals surface area contributed by atoms with E-state index in [4.69, 9.17) is 31.9 Å². The lowest BCUT2D eigenvalue weighted by molar-refractivity contribution is -0.697. The Kier molecular flexibility index (Phi) is 41.4. The van der Waals surface area contributed by atoms with Gasteiger partial charge in [-0.15, -0.1) is 24.8 Å². The molecule has 15 heteroatoms. The monoisotopic (exact) mass is 928 g/mol. The number of carbonyl (C=O) groups excluding carboxylic acids is 1. The second-order valence-electron chi connectivity index (χ2n) is 13.9. The third kappa shape index (κ3) is 28.1. The fraction of sp³-hybridized carbons (Fsp3) is 0.457. The van der Waals surface area contributed by atoms with E-state index in [1.54, 1.807) is 24.3 Å². The van der Waals surface area contributed by atoms with Crippen molar-refractivity contribution < 1.29 is 59.2 Å². The largest absolute Gasteiger partial charge is 1.00 e. The van der Waals surface area contributed by atoms with Gasteiger partial charge >= 0.3 is 0 Å². The van der Waals surface area contributed by atoms with Gasteiger partial charge in [-0.05, 0) is 98.8 Å². The normalized spacial score (nSPS) is 10.0. The Morgan fingerprint density at radius 2 is 0.820 bits per heavy atom. The summed E-state index contributed by atoms with van der Waals surface area (Å²) in [5.41, 5.74) is 17.1. The van der Waals surface area contributed by atoms with Crippen molar-refractivity contribution in [1.82, 2.24) is 0 Å². The molecule has 2 heterocycles. The molecule has 4 aromatic rings. The Hall–Kier alpha value is -3.33. The lowest BCUT2D eigenvalue weighted by Crippen LogP contribution is -3.00. The number of anilines is 2. The number of hydrogen-bond donors (Lipinski definition) is 6. The molecule has 0 radical (unpaired) electrons. The number of aliphatic hydroxyl groups excluding tert-OH is 4. The maximum absolute atomic E-state index is 10.4. The van der Waals surface area contributed by atoms with E-state index in [0.717, 1.165) is 55.8 Å². The molecule has 344 valence electrons. The summed E-state index contributed by atoms with van der Waals surface area (Å²) in [6.07, 6.45) is 23.3. The number of pyridine rings is 2. The van der Waals surface area contributed by atoms with Crippen molar-refractivity contribution in [2.75, 3.05) is 75.5 Å². The summed E-state index contributed by atoms with van der Waals surface area (Å²) in [4.78, 5) is 14.3. The summed E-state index contributed by atoms with van der Waals surface area (Å²) < 4.78 is 4.47. The van der Waals surface area contributed by atoms with Crippen LogP contribution in [-0.2, 0) is 13.1 Å². The van der Waals surface area contributed by atoms with Gasteiger partial charge < -0.3 is 66.5 Å². The SMILES string of the molecule is Cc1cc[n+](CCCCCCN)cc1.Cl.Cl.NCCCCCC[n+]1ccc(/C=C/c2ccc(N(CCO)CCO)cc2)cc1.O=Cc1ccc(N(CCO)CCO)cc1.[Cl-].[Cl-]. The summed E-state index contributed by atoms with van der Waals surface area (Å²) >= 11 is 0. The predicted octanol–water partition coefficient (Wildman–Crippen LogP) is -0.602. The first-order valence-electron chi connectivity index (χ1n) is 20.5. The van der Waals surface area contributed by atoms with Gasteiger partial charge in [-0.3, -0.25) is 4.79 Å². The van der Waals surface area contributed by atoms with Crippen molar-refractivity contribution in [2.24, 2.45) is 11.5 Å². The van der Waals surface area contributed by atoms with Crippen LogP contribution in [0.25, 0.3) is 12.2 Å². The molecule has 0 spiro atoms. The lowest BCUT2D eigenvalue weighted by Gasteiger charge is -2.22. The van der Waals surface area contributed by atoms with Gasteiger partial charge in [0.2, 0.25) is 0 Å². The average Bonchev–Trinajstić information content (AvgIpc) is 3.24. The van der Waals surface area contributed by atoms with Crippen molar-refractivity contribution in [2.45, 2.75) is 71.4 Å². The number of unbranched alkanes of at least 4 members (excludes halogenated alkanes) is 6. The van der Waals surface area contributed by atoms with E-state index in [1.165, 1.54) is 56.1 Å². The molecule has 0 atom stereocenters. The molecule has 0 aliphatic heterocycles. The Bertz CT molecular complexity index is 1600. The van der Waals surface area contributed by atoms with Gasteiger partial charge in [-0.25, -0.2) is 9.13 Å². The molecule has 0 bridgehead atoms. The molecule has 4 rings (SSSR count). The molecule has 0 saturated carbocycles. The van der Waals surface area contributed by atoms with Crippen LogP contribution >= 0.6 is 24.8 Å². The van der Waals surface area contributed by atoms with Gasteiger partial charge in [0.15, 0.2) is 24.8 Å². The number of benzene rings is 2. The van der Waals surface area contributed by atoms with Gasteiger partial charge in [0.1, 0.15) is 19.4 Å². The van der Waals surface area contributed by atoms with Crippen LogP contribution in [0.15, 0.2) is 97.6 Å². The Morgan fingerprint density at radius 1 is 0.492 bits per heavy atom. The zero-order valence-electron chi connectivity index (χ0n) is 35.8. The molecule has 2 aromatic carbocycles. The van der Waals surface area contributed by atoms with Gasteiger partial charge in [-0.2, -0.15) is 0 Å². The number of aryl methyl sites for hydroxylation is 3. The third-order valence-corrected chi connectivity index (χ3v) is 9.32. The first-order chi connectivity index (χ1) is 27.9. The van der Waals surface area contributed by atoms with Crippen molar-refractivity contribution in [3.8, 4) is 0 Å². The molecule has 61 heavy (non-hydrogen) atoms. The molecule has 2 aromatic heterocycles. The second-order valence-corrected chi connectivity index (χ2v) is 13.9. The Morgan fingerprint density at radius 3 is 1.16 bits per heavy atom. The van der Waals surface area contributed by atoms with Crippen LogP contribution in [0.3, 0.4) is 0 Å². The van der Waals surface area contributed by atoms with E-state index in [0.29, 0.717) is 31.7 Å². The minimum Gasteiger partial charge on any atom is -1.00 e. The topological polar surface area (TPSA) is 164 Å². The number of halogens is 4. The van der Waals surface area contributed by atoms with Gasteiger partial charge in [-0.1, -0.05) is 37.1 Å². The molecule has 0 aliphatic carbocycles. The highest BCUT2D eigenvalue weighted by molar-refractivity contribution is 5.85. The fourth-order valence-electron chi connectivity index (χ4n) is 5.97. The summed E-state index contributed by atoms with van der Waals surface area (Å²) in [6, 6.07) is 23.8. The minimum atomic E-state index is 0. The maximum atomic E-state index is 10.4. The number of carbonyl (C=O) groups is 1. The van der Waals surface area contributed by atoms with E-state index >= 15 is 0 Å². The van der Waals surface area contributed by atoms with Crippen LogP contribution in [0.1, 0.15) is 78.4 Å². The van der Waals surface area contributed by atoms with Gasteiger partial charge in [0, 0.05) is 80.2 Å². The molecular formula is C46H72Cl4N6O5. The fourth-order valence-corrected chi connectivity index (χ4v) is 5.97. The van der Waals surface area contributed by atoms with Crippen LogP contribution in [0.2, 0.25) is 0 Å². The van der Waals surface area contributed by atoms with E-state index in [-0.39, 0.29) is 76.1 Å². The molecule has 0 fully saturated rings. The first-order valence-corrected chi connectivity index (χ1v) is 20.5. The summed E-state index contributed by atoms with van der Waals surface area (Å²) in [6.45, 7) is 8.13. The Balaban J connectivity index is -0.000000872. The van der Waals surface area contributed by atoms with Gasteiger partial charge in [0.05, 0.1) is 26.4 Å². The number of hydrogen-bond acceptors (Lipinski definition) is 9. The minimum absolute atomic E-state index is 0. The number of aldehydes is 1. The number of nitrogens with zero attached hydrogens (tertiary/aromatic N) is 4. The highest BCUT2D eigenvalue weighted by atomic mass is 35.5. The number of aliphatic hydroxyl groups is 4. The van der Waals surface area contributed by atoms with Crippen molar-refractivity contribution in [1.29, 1.82) is 0 Å². The molecule has 0 amide bonds. The maximum Gasteiger partial charge on any atom is 0.169 e. The molecule has 0 unspecified atom stereocenters. The van der Waals surface area contributed by atoms with Crippen molar-refractivity contribution >= 4 is 54.6 Å². The Labute approximate surface area is 390 Å². The van der Waals surface area contributed by atoms with Crippen LogP contribution in [0.5, 0.6) is 0 Å². The first kappa shape index (κ1) is 62.0. The summed E-state index contributed by atoms with van der Waals surface area (Å²) in [7, 11) is 0. The predicted molar refractivity (Wildman–Crippen MR) is 248 cm³/mol. The number of rotatable bonds is 25. The lowest BCUT2D eigenvalue weighted by atomic mass is 10.1. The van der Waals surface area contributed by atoms with Crippen LogP contribution in [0.4, 0.5) is 11.4 Å². The highest BCUT2D eigenvalue weighted by Crippen LogP contribution is 2.17. The van der Waals surface area contributed by atoms with Crippen LogP contribution < -0.4 is 55.2 Å². The number of aromatic nitrogens is 2. The molecule has 0 saturated heterocycles. The summed E-state index contributed by atoms with van der Waals surface area (Å²) in [5.74, 6) is 0.